The summed E-state index contributed by atoms with van der Waals surface area (Å²) < 4.78 is 28.1. The molecule has 1 aliphatic rings. The lowest BCUT2D eigenvalue weighted by molar-refractivity contribution is 0.234. The number of anilines is 1. The van der Waals surface area contributed by atoms with E-state index >= 15 is 0 Å². The molecule has 1 unspecified atom stereocenters. The fourth-order valence-electron chi connectivity index (χ4n) is 1.94. The molecule has 1 aromatic carbocycles. The van der Waals surface area contributed by atoms with E-state index in [1.165, 1.54) is 0 Å². The molecule has 1 atom stereocenters. The zero-order chi connectivity index (χ0) is 12.5. The number of halogens is 1. The summed E-state index contributed by atoms with van der Waals surface area (Å²) in [6.45, 7) is 1.44. The fourth-order valence-corrected chi connectivity index (χ4v) is 2.86. The molecule has 1 aliphatic heterocycles. The van der Waals surface area contributed by atoms with Crippen LogP contribution in [0.25, 0.3) is 0 Å². The second-order valence-electron chi connectivity index (χ2n) is 4.13. The Balaban J connectivity index is 2.00. The molecule has 0 bridgehead atoms. The van der Waals surface area contributed by atoms with Crippen molar-refractivity contribution >= 4 is 31.7 Å². The normalized spacial score (nSPS) is 20.8. The molecule has 4 nitrogen and oxygen atoms in total. The standard InChI is InChI=1S/C11H14BrNO3S/c1-17(14,15)16-11-6-7-13(8-11)10-4-2-9(12)3-5-10/h2-5,11H,6-8H2,1H3. The molecule has 0 radical (unpaired) electrons. The Morgan fingerprint density at radius 1 is 1.35 bits per heavy atom. The molecule has 17 heavy (non-hydrogen) atoms. The van der Waals surface area contributed by atoms with Gasteiger partial charge in [-0.2, -0.15) is 8.42 Å². The Morgan fingerprint density at radius 2 is 2.00 bits per heavy atom. The van der Waals surface area contributed by atoms with E-state index < -0.39 is 10.1 Å². The van der Waals surface area contributed by atoms with E-state index in [0.717, 1.165) is 29.4 Å². The van der Waals surface area contributed by atoms with Gasteiger partial charge in [0.25, 0.3) is 10.1 Å². The lowest BCUT2D eigenvalue weighted by atomic mass is 10.3. The van der Waals surface area contributed by atoms with Gasteiger partial charge >= 0.3 is 0 Å². The Bertz CT molecular complexity index is 486. The van der Waals surface area contributed by atoms with Crippen LogP contribution in [0.1, 0.15) is 6.42 Å². The van der Waals surface area contributed by atoms with Crippen molar-refractivity contribution in [1.82, 2.24) is 0 Å². The molecule has 0 amide bonds. The smallest absolute Gasteiger partial charge is 0.264 e. The SMILES string of the molecule is CS(=O)(=O)OC1CCN(c2ccc(Br)cc2)C1. The van der Waals surface area contributed by atoms with Gasteiger partial charge in [-0.25, -0.2) is 0 Å². The van der Waals surface area contributed by atoms with E-state index in [2.05, 4.69) is 20.8 Å². The van der Waals surface area contributed by atoms with Gasteiger partial charge in [-0.05, 0) is 30.7 Å². The second-order valence-corrected chi connectivity index (χ2v) is 6.65. The number of benzene rings is 1. The third kappa shape index (κ3) is 3.69. The van der Waals surface area contributed by atoms with E-state index in [0.29, 0.717) is 6.54 Å². The van der Waals surface area contributed by atoms with Gasteiger partial charge in [0.05, 0.1) is 12.4 Å². The molecule has 1 heterocycles. The van der Waals surface area contributed by atoms with Gasteiger partial charge in [-0.1, -0.05) is 15.9 Å². The molecule has 0 saturated carbocycles. The Morgan fingerprint density at radius 3 is 2.59 bits per heavy atom. The highest BCUT2D eigenvalue weighted by atomic mass is 79.9. The van der Waals surface area contributed by atoms with Crippen LogP contribution in [-0.2, 0) is 14.3 Å². The van der Waals surface area contributed by atoms with Crippen molar-refractivity contribution in [2.24, 2.45) is 0 Å². The summed E-state index contributed by atoms with van der Waals surface area (Å²) in [4.78, 5) is 2.13. The summed E-state index contributed by atoms with van der Waals surface area (Å²) in [6, 6.07) is 7.96. The summed E-state index contributed by atoms with van der Waals surface area (Å²) in [5.74, 6) is 0. The Kier molecular flexibility index (Phi) is 3.75. The monoisotopic (exact) mass is 319 g/mol. The average Bonchev–Trinajstić information content (AvgIpc) is 2.64. The first-order valence-electron chi connectivity index (χ1n) is 5.33. The lowest BCUT2D eigenvalue weighted by Crippen LogP contribution is -2.24. The van der Waals surface area contributed by atoms with Crippen molar-refractivity contribution in [3.8, 4) is 0 Å². The highest BCUT2D eigenvalue weighted by molar-refractivity contribution is 9.10. The zero-order valence-electron chi connectivity index (χ0n) is 9.47. The lowest BCUT2D eigenvalue weighted by Gasteiger charge is -2.18. The van der Waals surface area contributed by atoms with Gasteiger partial charge in [0.1, 0.15) is 0 Å². The van der Waals surface area contributed by atoms with Crippen LogP contribution >= 0.6 is 15.9 Å². The van der Waals surface area contributed by atoms with Crippen LogP contribution < -0.4 is 4.90 Å². The minimum absolute atomic E-state index is 0.228. The molecule has 1 aromatic rings. The first-order chi connectivity index (χ1) is 7.94. The van der Waals surface area contributed by atoms with Crippen molar-refractivity contribution in [3.05, 3.63) is 28.7 Å². The third-order valence-electron chi connectivity index (χ3n) is 2.65. The average molecular weight is 320 g/mol. The maximum atomic E-state index is 11.0. The van der Waals surface area contributed by atoms with Gasteiger partial charge in [0.15, 0.2) is 0 Å². The van der Waals surface area contributed by atoms with Crippen LogP contribution in [0.2, 0.25) is 0 Å². The van der Waals surface area contributed by atoms with Gasteiger partial charge in [0.2, 0.25) is 0 Å². The molecule has 0 spiro atoms. The van der Waals surface area contributed by atoms with Gasteiger partial charge in [-0.3, -0.25) is 4.18 Å². The number of hydrogen-bond acceptors (Lipinski definition) is 4. The van der Waals surface area contributed by atoms with Crippen molar-refractivity contribution in [3.63, 3.8) is 0 Å². The Hall–Kier alpha value is -0.590. The van der Waals surface area contributed by atoms with Crippen LogP contribution in [0, 0.1) is 0 Å². The number of nitrogens with zero attached hydrogens (tertiary/aromatic N) is 1. The molecule has 1 fully saturated rings. The molecule has 94 valence electrons. The first-order valence-corrected chi connectivity index (χ1v) is 7.94. The van der Waals surface area contributed by atoms with Crippen molar-refractivity contribution in [2.75, 3.05) is 24.2 Å². The molecular weight excluding hydrogens is 306 g/mol. The minimum Gasteiger partial charge on any atom is -0.369 e. The van der Waals surface area contributed by atoms with Crippen LogP contribution in [0.15, 0.2) is 28.7 Å². The molecule has 1 saturated heterocycles. The van der Waals surface area contributed by atoms with Crippen molar-refractivity contribution < 1.29 is 12.6 Å². The highest BCUT2D eigenvalue weighted by Crippen LogP contribution is 2.24. The summed E-state index contributed by atoms with van der Waals surface area (Å²) in [6.07, 6.45) is 1.60. The van der Waals surface area contributed by atoms with E-state index in [1.807, 2.05) is 24.3 Å². The van der Waals surface area contributed by atoms with Crippen LogP contribution in [0.5, 0.6) is 0 Å². The van der Waals surface area contributed by atoms with Crippen molar-refractivity contribution in [2.45, 2.75) is 12.5 Å². The fraction of sp³-hybridized carbons (Fsp3) is 0.455. The van der Waals surface area contributed by atoms with Crippen LogP contribution in [-0.4, -0.2) is 33.9 Å². The van der Waals surface area contributed by atoms with Gasteiger partial charge in [0, 0.05) is 23.2 Å². The summed E-state index contributed by atoms with van der Waals surface area (Å²) in [5.41, 5.74) is 1.09. The van der Waals surface area contributed by atoms with Gasteiger partial charge < -0.3 is 4.90 Å². The topological polar surface area (TPSA) is 46.6 Å². The predicted octanol–water partition coefficient (Wildman–Crippen LogP) is 2.00. The van der Waals surface area contributed by atoms with Crippen LogP contribution in [0.4, 0.5) is 5.69 Å². The van der Waals surface area contributed by atoms with E-state index in [1.54, 1.807) is 0 Å². The Labute approximate surface area is 110 Å². The second kappa shape index (κ2) is 4.96. The van der Waals surface area contributed by atoms with Crippen molar-refractivity contribution in [1.29, 1.82) is 0 Å². The molecular formula is C11H14BrNO3S. The van der Waals surface area contributed by atoms with Gasteiger partial charge in [-0.15, -0.1) is 0 Å². The maximum absolute atomic E-state index is 11.0. The largest absolute Gasteiger partial charge is 0.369 e. The summed E-state index contributed by atoms with van der Waals surface area (Å²) in [5, 5.41) is 0. The number of hydrogen-bond donors (Lipinski definition) is 0. The quantitative estimate of drug-likeness (QED) is 0.799. The van der Waals surface area contributed by atoms with E-state index in [9.17, 15) is 8.42 Å². The zero-order valence-corrected chi connectivity index (χ0v) is 11.9. The van der Waals surface area contributed by atoms with E-state index in [-0.39, 0.29) is 6.10 Å². The molecule has 6 heteroatoms. The summed E-state index contributed by atoms with van der Waals surface area (Å²) >= 11 is 3.38. The van der Waals surface area contributed by atoms with Crippen LogP contribution in [0.3, 0.4) is 0 Å². The minimum atomic E-state index is -3.35. The third-order valence-corrected chi connectivity index (χ3v) is 3.80. The molecule has 0 N–H and O–H groups in total. The molecule has 0 aromatic heterocycles. The molecule has 2 rings (SSSR count). The maximum Gasteiger partial charge on any atom is 0.264 e. The number of rotatable bonds is 3. The predicted molar refractivity (Wildman–Crippen MR) is 70.7 cm³/mol. The first kappa shape index (κ1) is 12.9. The highest BCUT2D eigenvalue weighted by Gasteiger charge is 2.26. The van der Waals surface area contributed by atoms with E-state index in [4.69, 9.17) is 4.18 Å². The summed E-state index contributed by atoms with van der Waals surface area (Å²) in [7, 11) is -3.35. The molecule has 0 aliphatic carbocycles.